The summed E-state index contributed by atoms with van der Waals surface area (Å²) in [6, 6.07) is 17.4. The van der Waals surface area contributed by atoms with E-state index in [0.717, 1.165) is 0 Å². The monoisotopic (exact) mass is 430 g/mol. The van der Waals surface area contributed by atoms with Gasteiger partial charge in [-0.1, -0.05) is 29.8 Å². The molecule has 9 heteroatoms. The molecule has 0 saturated heterocycles. The highest BCUT2D eigenvalue weighted by atomic mass is 35.5. The molecule has 1 aliphatic rings. The minimum atomic E-state index is -3.98. The molecule has 0 aliphatic carbocycles. The lowest BCUT2D eigenvalue weighted by molar-refractivity contribution is 0.102. The Morgan fingerprint density at radius 2 is 1.66 bits per heavy atom. The van der Waals surface area contributed by atoms with Crippen molar-refractivity contribution in [3.8, 4) is 11.5 Å². The van der Waals surface area contributed by atoms with Gasteiger partial charge in [0.15, 0.2) is 11.5 Å². The number of fused-ring (bicyclic) bond motifs is 1. The van der Waals surface area contributed by atoms with Crippen molar-refractivity contribution in [3.63, 3.8) is 0 Å². The zero-order chi connectivity index (χ0) is 20.4. The maximum atomic E-state index is 12.7. The van der Waals surface area contributed by atoms with Crippen molar-refractivity contribution in [3.05, 3.63) is 77.3 Å². The minimum Gasteiger partial charge on any atom is -0.454 e. The second-order valence-electron chi connectivity index (χ2n) is 6.14. The summed E-state index contributed by atoms with van der Waals surface area (Å²) in [5.74, 6) is 0.626. The molecule has 0 unspecified atom stereocenters. The van der Waals surface area contributed by atoms with Crippen LogP contribution in [0.5, 0.6) is 11.5 Å². The summed E-state index contributed by atoms with van der Waals surface area (Å²) in [7, 11) is -3.98. The van der Waals surface area contributed by atoms with E-state index in [-0.39, 0.29) is 22.3 Å². The van der Waals surface area contributed by atoms with E-state index in [1.165, 1.54) is 18.2 Å². The van der Waals surface area contributed by atoms with Gasteiger partial charge in [0.25, 0.3) is 15.9 Å². The van der Waals surface area contributed by atoms with Crippen LogP contribution in [0, 0.1) is 0 Å². The molecule has 0 radical (unpaired) electrons. The number of ether oxygens (including phenoxy) is 2. The lowest BCUT2D eigenvalue weighted by Gasteiger charge is -2.11. The third-order valence-electron chi connectivity index (χ3n) is 4.14. The molecule has 29 heavy (non-hydrogen) atoms. The topological polar surface area (TPSA) is 93.7 Å². The zero-order valence-electron chi connectivity index (χ0n) is 14.9. The van der Waals surface area contributed by atoms with Gasteiger partial charge in [0, 0.05) is 23.0 Å². The molecule has 0 saturated carbocycles. The SMILES string of the molecule is O=C(Nc1ccc2c(c1)OCO2)c1ccc(Cl)c(S(=O)(=O)Nc2ccccc2)c1. The summed E-state index contributed by atoms with van der Waals surface area (Å²) in [5.41, 5.74) is 1.01. The van der Waals surface area contributed by atoms with Gasteiger partial charge in [0.1, 0.15) is 4.90 Å². The summed E-state index contributed by atoms with van der Waals surface area (Å²) in [4.78, 5) is 12.4. The highest BCUT2D eigenvalue weighted by Crippen LogP contribution is 2.34. The zero-order valence-corrected chi connectivity index (χ0v) is 16.5. The molecular weight excluding hydrogens is 416 g/mol. The summed E-state index contributed by atoms with van der Waals surface area (Å²) < 4.78 is 38.4. The van der Waals surface area contributed by atoms with Crippen LogP contribution in [0.2, 0.25) is 5.02 Å². The molecule has 148 valence electrons. The molecule has 0 fully saturated rings. The van der Waals surface area contributed by atoms with Gasteiger partial charge in [-0.15, -0.1) is 0 Å². The van der Waals surface area contributed by atoms with Gasteiger partial charge in [-0.3, -0.25) is 9.52 Å². The van der Waals surface area contributed by atoms with E-state index in [0.29, 0.717) is 22.9 Å². The molecule has 1 amide bonds. The molecule has 4 rings (SSSR count). The van der Waals surface area contributed by atoms with Crippen LogP contribution in [-0.4, -0.2) is 21.1 Å². The predicted octanol–water partition coefficient (Wildman–Crippen LogP) is 4.12. The first-order valence-electron chi connectivity index (χ1n) is 8.51. The highest BCUT2D eigenvalue weighted by Gasteiger charge is 2.21. The largest absolute Gasteiger partial charge is 0.454 e. The van der Waals surface area contributed by atoms with Crippen LogP contribution < -0.4 is 19.5 Å². The van der Waals surface area contributed by atoms with Crippen LogP contribution in [0.25, 0.3) is 0 Å². The Kier molecular flexibility index (Phi) is 5.04. The fourth-order valence-electron chi connectivity index (χ4n) is 2.74. The van der Waals surface area contributed by atoms with E-state index in [2.05, 4.69) is 10.0 Å². The van der Waals surface area contributed by atoms with Crippen molar-refractivity contribution in [1.82, 2.24) is 0 Å². The molecule has 0 spiro atoms. The number of anilines is 2. The molecule has 0 aromatic heterocycles. The maximum absolute atomic E-state index is 12.7. The number of hydrogen-bond acceptors (Lipinski definition) is 5. The Morgan fingerprint density at radius 3 is 2.45 bits per heavy atom. The normalized spacial score (nSPS) is 12.4. The van der Waals surface area contributed by atoms with Gasteiger partial charge in [-0.25, -0.2) is 8.42 Å². The van der Waals surface area contributed by atoms with E-state index in [9.17, 15) is 13.2 Å². The van der Waals surface area contributed by atoms with E-state index < -0.39 is 15.9 Å². The van der Waals surface area contributed by atoms with E-state index in [4.69, 9.17) is 21.1 Å². The number of sulfonamides is 1. The fourth-order valence-corrected chi connectivity index (χ4v) is 4.33. The van der Waals surface area contributed by atoms with Crippen LogP contribution in [-0.2, 0) is 10.0 Å². The number of carbonyl (C=O) groups excluding carboxylic acids is 1. The Bertz CT molecular complexity index is 1180. The van der Waals surface area contributed by atoms with Crippen LogP contribution >= 0.6 is 11.6 Å². The summed E-state index contributed by atoms with van der Waals surface area (Å²) >= 11 is 6.09. The number of nitrogens with one attached hydrogen (secondary N) is 2. The number of hydrogen-bond donors (Lipinski definition) is 2. The van der Waals surface area contributed by atoms with Crippen LogP contribution in [0.15, 0.2) is 71.6 Å². The summed E-state index contributed by atoms with van der Waals surface area (Å²) in [6.45, 7) is 0.125. The molecule has 7 nitrogen and oxygen atoms in total. The third kappa shape index (κ3) is 4.13. The molecule has 3 aromatic carbocycles. The lowest BCUT2D eigenvalue weighted by atomic mass is 10.2. The Morgan fingerprint density at radius 1 is 0.897 bits per heavy atom. The maximum Gasteiger partial charge on any atom is 0.263 e. The smallest absolute Gasteiger partial charge is 0.263 e. The highest BCUT2D eigenvalue weighted by molar-refractivity contribution is 7.92. The third-order valence-corrected chi connectivity index (χ3v) is 6.00. The van der Waals surface area contributed by atoms with Crippen molar-refractivity contribution >= 4 is 38.9 Å². The van der Waals surface area contributed by atoms with Gasteiger partial charge >= 0.3 is 0 Å². The molecule has 3 aromatic rings. The van der Waals surface area contributed by atoms with Crippen molar-refractivity contribution in [2.45, 2.75) is 4.90 Å². The number of carbonyl (C=O) groups is 1. The molecular formula is C20H15ClN2O5S. The second-order valence-corrected chi connectivity index (χ2v) is 8.20. The number of halogens is 1. The number of amides is 1. The number of benzene rings is 3. The second kappa shape index (κ2) is 7.65. The first kappa shape index (κ1) is 19.1. The van der Waals surface area contributed by atoms with E-state index in [1.54, 1.807) is 48.5 Å². The summed E-state index contributed by atoms with van der Waals surface area (Å²) in [6.07, 6.45) is 0. The fraction of sp³-hybridized carbons (Fsp3) is 0.0500. The van der Waals surface area contributed by atoms with Crippen molar-refractivity contribution in [2.75, 3.05) is 16.8 Å². The Balaban J connectivity index is 1.58. The van der Waals surface area contributed by atoms with Crippen molar-refractivity contribution in [1.29, 1.82) is 0 Å². The van der Waals surface area contributed by atoms with Crippen LogP contribution in [0.1, 0.15) is 10.4 Å². The van der Waals surface area contributed by atoms with Gasteiger partial charge in [-0.2, -0.15) is 0 Å². The molecule has 0 atom stereocenters. The lowest BCUT2D eigenvalue weighted by Crippen LogP contribution is -2.16. The number of rotatable bonds is 5. The quantitative estimate of drug-likeness (QED) is 0.635. The first-order chi connectivity index (χ1) is 13.9. The molecule has 0 bridgehead atoms. The Hall–Kier alpha value is -3.23. The van der Waals surface area contributed by atoms with Crippen molar-refractivity contribution in [2.24, 2.45) is 0 Å². The number of para-hydroxylation sites is 1. The molecule has 2 N–H and O–H groups in total. The molecule has 1 heterocycles. The summed E-state index contributed by atoms with van der Waals surface area (Å²) in [5, 5.41) is 2.71. The first-order valence-corrected chi connectivity index (χ1v) is 10.4. The predicted molar refractivity (Wildman–Crippen MR) is 109 cm³/mol. The standard InChI is InChI=1S/C20H15ClN2O5S/c21-16-8-6-13(10-19(16)29(25,26)23-14-4-2-1-3-5-14)20(24)22-15-7-9-17-18(11-15)28-12-27-17/h1-11,23H,12H2,(H,22,24). The van der Waals surface area contributed by atoms with Crippen molar-refractivity contribution < 1.29 is 22.7 Å². The van der Waals surface area contributed by atoms with Gasteiger partial charge in [0.05, 0.1) is 5.02 Å². The van der Waals surface area contributed by atoms with E-state index in [1.807, 2.05) is 0 Å². The van der Waals surface area contributed by atoms with Gasteiger partial charge in [-0.05, 0) is 42.5 Å². The van der Waals surface area contributed by atoms with Gasteiger partial charge in [0.2, 0.25) is 6.79 Å². The van der Waals surface area contributed by atoms with Crippen LogP contribution in [0.3, 0.4) is 0 Å². The van der Waals surface area contributed by atoms with E-state index >= 15 is 0 Å². The Labute approximate surface area is 172 Å². The average molecular weight is 431 g/mol. The van der Waals surface area contributed by atoms with Crippen LogP contribution in [0.4, 0.5) is 11.4 Å². The van der Waals surface area contributed by atoms with Gasteiger partial charge < -0.3 is 14.8 Å². The average Bonchev–Trinajstić information content (AvgIpc) is 3.16. The molecule has 1 aliphatic heterocycles. The minimum absolute atomic E-state index is 0.00746.